The summed E-state index contributed by atoms with van der Waals surface area (Å²) in [6.45, 7) is 5.48. The lowest BCUT2D eigenvalue weighted by atomic mass is 10.0. The molecule has 120 valence electrons. The number of Topliss-reactive ketones (excluding diaryl/α,β-unsaturated/α-hetero) is 1. The molecule has 2 aromatic rings. The zero-order chi connectivity index (χ0) is 16.9. The fourth-order valence-corrected chi connectivity index (χ4v) is 3.36. The average molecular weight is 329 g/mol. The SMILES string of the molecule is C=CC[C@@H](NS(=O)(=O)c1ccc(C)cc1)C(=O)c1ccccc1. The summed E-state index contributed by atoms with van der Waals surface area (Å²) < 4.78 is 27.4. The predicted octanol–water partition coefficient (Wildman–Crippen LogP) is 3.10. The number of benzene rings is 2. The largest absolute Gasteiger partial charge is 0.292 e. The summed E-state index contributed by atoms with van der Waals surface area (Å²) in [5.74, 6) is -0.277. The Morgan fingerprint density at radius 2 is 1.74 bits per heavy atom. The maximum Gasteiger partial charge on any atom is 0.241 e. The Balaban J connectivity index is 2.26. The van der Waals surface area contributed by atoms with Crippen LogP contribution in [0, 0.1) is 6.92 Å². The first-order valence-electron chi connectivity index (χ1n) is 7.23. The summed E-state index contributed by atoms with van der Waals surface area (Å²) in [5.41, 5.74) is 1.43. The summed E-state index contributed by atoms with van der Waals surface area (Å²) in [6, 6.07) is 14.2. The van der Waals surface area contributed by atoms with Gasteiger partial charge in [0.25, 0.3) is 0 Å². The highest BCUT2D eigenvalue weighted by atomic mass is 32.2. The predicted molar refractivity (Wildman–Crippen MR) is 90.9 cm³/mol. The number of carbonyl (C=O) groups excluding carboxylic acids is 1. The van der Waals surface area contributed by atoms with Crippen molar-refractivity contribution in [2.24, 2.45) is 0 Å². The van der Waals surface area contributed by atoms with E-state index in [9.17, 15) is 13.2 Å². The fourth-order valence-electron chi connectivity index (χ4n) is 2.15. The van der Waals surface area contributed by atoms with Crippen molar-refractivity contribution < 1.29 is 13.2 Å². The Morgan fingerprint density at radius 3 is 2.30 bits per heavy atom. The smallest absolute Gasteiger partial charge is 0.241 e. The molecule has 1 atom stereocenters. The number of nitrogens with one attached hydrogen (secondary N) is 1. The van der Waals surface area contributed by atoms with Gasteiger partial charge < -0.3 is 0 Å². The highest BCUT2D eigenvalue weighted by molar-refractivity contribution is 7.89. The third-order valence-corrected chi connectivity index (χ3v) is 4.89. The zero-order valence-corrected chi connectivity index (χ0v) is 13.7. The molecule has 0 bridgehead atoms. The number of hydrogen-bond acceptors (Lipinski definition) is 3. The molecule has 0 aliphatic rings. The van der Waals surface area contributed by atoms with Crippen LogP contribution in [0.25, 0.3) is 0 Å². The third-order valence-electron chi connectivity index (χ3n) is 3.41. The first-order valence-corrected chi connectivity index (χ1v) is 8.71. The monoisotopic (exact) mass is 329 g/mol. The van der Waals surface area contributed by atoms with E-state index in [0.717, 1.165) is 5.56 Å². The van der Waals surface area contributed by atoms with Gasteiger partial charge in [-0.25, -0.2) is 8.42 Å². The topological polar surface area (TPSA) is 63.2 Å². The first kappa shape index (κ1) is 17.1. The minimum atomic E-state index is -3.77. The van der Waals surface area contributed by atoms with Crippen LogP contribution in [0.3, 0.4) is 0 Å². The van der Waals surface area contributed by atoms with Gasteiger partial charge in [-0.15, -0.1) is 6.58 Å². The maximum atomic E-state index is 12.5. The van der Waals surface area contributed by atoms with Gasteiger partial charge >= 0.3 is 0 Å². The molecule has 0 saturated carbocycles. The van der Waals surface area contributed by atoms with Crippen LogP contribution in [0.15, 0.2) is 72.1 Å². The molecule has 1 N–H and O–H groups in total. The van der Waals surface area contributed by atoms with E-state index in [0.29, 0.717) is 5.56 Å². The molecule has 0 spiro atoms. The van der Waals surface area contributed by atoms with Gasteiger partial charge in [0.15, 0.2) is 5.78 Å². The van der Waals surface area contributed by atoms with E-state index in [1.54, 1.807) is 42.5 Å². The Bertz CT molecular complexity index is 781. The standard InChI is InChI=1S/C18H19NO3S/c1-3-7-17(18(20)15-8-5-4-6-9-15)19-23(21,22)16-12-10-14(2)11-13-16/h3-6,8-13,17,19H,1,7H2,2H3/t17-/m1/s1. The average Bonchev–Trinajstić information content (AvgIpc) is 2.55. The zero-order valence-electron chi connectivity index (χ0n) is 12.9. The van der Waals surface area contributed by atoms with Crippen LogP contribution in [-0.4, -0.2) is 20.2 Å². The first-order chi connectivity index (χ1) is 10.9. The van der Waals surface area contributed by atoms with E-state index in [4.69, 9.17) is 0 Å². The van der Waals surface area contributed by atoms with E-state index in [1.165, 1.54) is 18.2 Å². The van der Waals surface area contributed by atoms with Crippen molar-refractivity contribution in [2.75, 3.05) is 0 Å². The molecular weight excluding hydrogens is 310 g/mol. The summed E-state index contributed by atoms with van der Waals surface area (Å²) >= 11 is 0. The molecular formula is C18H19NO3S. The molecule has 5 heteroatoms. The second-order valence-electron chi connectivity index (χ2n) is 5.24. The van der Waals surface area contributed by atoms with Crippen LogP contribution < -0.4 is 4.72 Å². The van der Waals surface area contributed by atoms with E-state index in [1.807, 2.05) is 6.92 Å². The molecule has 2 rings (SSSR count). The summed E-state index contributed by atoms with van der Waals surface area (Å²) in [5, 5.41) is 0. The highest BCUT2D eigenvalue weighted by Crippen LogP contribution is 2.14. The second-order valence-corrected chi connectivity index (χ2v) is 6.96. The molecule has 0 aliphatic heterocycles. The number of hydrogen-bond donors (Lipinski definition) is 1. The molecule has 0 amide bonds. The van der Waals surface area contributed by atoms with Crippen LogP contribution in [0.4, 0.5) is 0 Å². The lowest BCUT2D eigenvalue weighted by molar-refractivity contribution is 0.0954. The van der Waals surface area contributed by atoms with Gasteiger partial charge in [0.1, 0.15) is 0 Å². The van der Waals surface area contributed by atoms with Crippen molar-refractivity contribution in [1.82, 2.24) is 4.72 Å². The van der Waals surface area contributed by atoms with Crippen molar-refractivity contribution in [3.63, 3.8) is 0 Å². The van der Waals surface area contributed by atoms with Crippen LogP contribution in [0.5, 0.6) is 0 Å². The number of sulfonamides is 1. The minimum Gasteiger partial charge on any atom is -0.292 e. The van der Waals surface area contributed by atoms with E-state index < -0.39 is 16.1 Å². The Hall–Kier alpha value is -2.24. The summed E-state index contributed by atoms with van der Waals surface area (Å²) in [6.07, 6.45) is 1.75. The molecule has 23 heavy (non-hydrogen) atoms. The lowest BCUT2D eigenvalue weighted by Gasteiger charge is -2.16. The molecule has 0 unspecified atom stereocenters. The molecule has 0 fully saturated rings. The quantitative estimate of drug-likeness (QED) is 0.627. The van der Waals surface area contributed by atoms with Crippen molar-refractivity contribution in [1.29, 1.82) is 0 Å². The minimum absolute atomic E-state index is 0.137. The number of carbonyl (C=O) groups is 1. The highest BCUT2D eigenvalue weighted by Gasteiger charge is 2.25. The lowest BCUT2D eigenvalue weighted by Crippen LogP contribution is -2.40. The van der Waals surface area contributed by atoms with Gasteiger partial charge in [-0.05, 0) is 25.5 Å². The van der Waals surface area contributed by atoms with Gasteiger partial charge in [-0.1, -0.05) is 54.1 Å². The molecule has 0 aliphatic carbocycles. The number of rotatable bonds is 7. The van der Waals surface area contributed by atoms with Crippen LogP contribution >= 0.6 is 0 Å². The number of ketones is 1. The Labute approximate surface area is 136 Å². The second kappa shape index (κ2) is 7.35. The Morgan fingerprint density at radius 1 is 1.13 bits per heavy atom. The van der Waals surface area contributed by atoms with Crippen LogP contribution in [0.2, 0.25) is 0 Å². The molecule has 0 radical (unpaired) electrons. The van der Waals surface area contributed by atoms with Gasteiger partial charge in [0.2, 0.25) is 10.0 Å². The van der Waals surface area contributed by atoms with E-state index in [-0.39, 0.29) is 17.1 Å². The van der Waals surface area contributed by atoms with E-state index >= 15 is 0 Å². The molecule has 0 aromatic heterocycles. The van der Waals surface area contributed by atoms with Crippen LogP contribution in [-0.2, 0) is 10.0 Å². The number of aryl methyl sites for hydroxylation is 1. The molecule has 0 saturated heterocycles. The van der Waals surface area contributed by atoms with Gasteiger partial charge in [0, 0.05) is 5.56 Å². The summed E-state index contributed by atoms with van der Waals surface area (Å²) in [7, 11) is -3.77. The molecule has 4 nitrogen and oxygen atoms in total. The molecule has 2 aromatic carbocycles. The Kier molecular flexibility index (Phi) is 5.47. The van der Waals surface area contributed by atoms with Crippen molar-refractivity contribution >= 4 is 15.8 Å². The fraction of sp³-hybridized carbons (Fsp3) is 0.167. The third kappa shape index (κ3) is 4.37. The van der Waals surface area contributed by atoms with Crippen LogP contribution in [0.1, 0.15) is 22.3 Å². The van der Waals surface area contributed by atoms with Gasteiger partial charge in [0.05, 0.1) is 10.9 Å². The molecule has 0 heterocycles. The van der Waals surface area contributed by atoms with Crippen molar-refractivity contribution in [3.8, 4) is 0 Å². The van der Waals surface area contributed by atoms with Gasteiger partial charge in [-0.2, -0.15) is 4.72 Å². The maximum absolute atomic E-state index is 12.5. The van der Waals surface area contributed by atoms with Gasteiger partial charge in [-0.3, -0.25) is 4.79 Å². The van der Waals surface area contributed by atoms with Crippen molar-refractivity contribution in [2.45, 2.75) is 24.3 Å². The normalized spacial score (nSPS) is 12.6. The van der Waals surface area contributed by atoms with Crippen molar-refractivity contribution in [3.05, 3.63) is 78.4 Å². The van der Waals surface area contributed by atoms with E-state index in [2.05, 4.69) is 11.3 Å². The summed E-state index contributed by atoms with van der Waals surface area (Å²) in [4.78, 5) is 12.7.